The SMILES string of the molecule is CCOC(=O)c1ccc(NC(=O)CCNC(C)C)cc1O.Cl. The third-order valence-electron chi connectivity index (χ3n) is 2.68. The van der Waals surface area contributed by atoms with Gasteiger partial charge in [0.05, 0.1) is 6.61 Å². The summed E-state index contributed by atoms with van der Waals surface area (Å²) < 4.78 is 4.81. The number of esters is 1. The van der Waals surface area contributed by atoms with Crippen molar-refractivity contribution in [2.75, 3.05) is 18.5 Å². The minimum atomic E-state index is -0.589. The average molecular weight is 331 g/mol. The molecule has 0 aromatic heterocycles. The van der Waals surface area contributed by atoms with Crippen LogP contribution in [-0.2, 0) is 9.53 Å². The fourth-order valence-corrected chi connectivity index (χ4v) is 1.69. The van der Waals surface area contributed by atoms with Crippen molar-refractivity contribution < 1.29 is 19.4 Å². The van der Waals surface area contributed by atoms with Gasteiger partial charge in [-0.25, -0.2) is 4.79 Å². The second kappa shape index (κ2) is 10.0. The van der Waals surface area contributed by atoms with Crippen molar-refractivity contribution in [1.29, 1.82) is 0 Å². The minimum absolute atomic E-state index is 0. The molecule has 22 heavy (non-hydrogen) atoms. The van der Waals surface area contributed by atoms with Gasteiger partial charge in [-0.1, -0.05) is 13.8 Å². The smallest absolute Gasteiger partial charge is 0.341 e. The molecule has 0 heterocycles. The Bertz CT molecular complexity index is 506. The second-order valence-corrected chi connectivity index (χ2v) is 4.86. The van der Waals surface area contributed by atoms with Gasteiger partial charge in [-0.05, 0) is 19.1 Å². The van der Waals surface area contributed by atoms with Crippen LogP contribution in [0.1, 0.15) is 37.6 Å². The van der Waals surface area contributed by atoms with Crippen molar-refractivity contribution in [2.45, 2.75) is 33.2 Å². The second-order valence-electron chi connectivity index (χ2n) is 4.86. The number of phenolic OH excluding ortho intramolecular Hbond substituents is 1. The Labute approximate surface area is 136 Å². The zero-order valence-electron chi connectivity index (χ0n) is 13.0. The van der Waals surface area contributed by atoms with E-state index in [0.717, 1.165) is 0 Å². The monoisotopic (exact) mass is 330 g/mol. The number of rotatable bonds is 7. The number of hydrogen-bond donors (Lipinski definition) is 3. The zero-order chi connectivity index (χ0) is 15.8. The molecule has 3 N–H and O–H groups in total. The van der Waals surface area contributed by atoms with Gasteiger partial charge in [0, 0.05) is 30.8 Å². The van der Waals surface area contributed by atoms with Crippen LogP contribution in [0.2, 0.25) is 0 Å². The zero-order valence-corrected chi connectivity index (χ0v) is 13.8. The molecule has 0 aliphatic heterocycles. The molecular weight excluding hydrogens is 308 g/mol. The topological polar surface area (TPSA) is 87.7 Å². The molecular formula is C15H23ClN2O4. The van der Waals surface area contributed by atoms with E-state index in [1.54, 1.807) is 13.0 Å². The molecule has 0 aliphatic carbocycles. The van der Waals surface area contributed by atoms with Crippen LogP contribution in [0.25, 0.3) is 0 Å². The van der Waals surface area contributed by atoms with Gasteiger partial charge < -0.3 is 20.5 Å². The molecule has 124 valence electrons. The minimum Gasteiger partial charge on any atom is -0.507 e. The van der Waals surface area contributed by atoms with Gasteiger partial charge in [-0.3, -0.25) is 4.79 Å². The van der Waals surface area contributed by atoms with Crippen LogP contribution in [0, 0.1) is 0 Å². The van der Waals surface area contributed by atoms with Crippen molar-refractivity contribution in [3.63, 3.8) is 0 Å². The first-order valence-electron chi connectivity index (χ1n) is 6.97. The van der Waals surface area contributed by atoms with E-state index in [1.807, 2.05) is 13.8 Å². The van der Waals surface area contributed by atoms with Crippen LogP contribution < -0.4 is 10.6 Å². The molecule has 0 saturated heterocycles. The highest BCUT2D eigenvalue weighted by atomic mass is 35.5. The summed E-state index contributed by atoms with van der Waals surface area (Å²) in [6.07, 6.45) is 0.332. The first kappa shape index (κ1) is 20.2. The van der Waals surface area contributed by atoms with Gasteiger partial charge in [0.2, 0.25) is 5.91 Å². The molecule has 0 atom stereocenters. The maximum Gasteiger partial charge on any atom is 0.341 e. The van der Waals surface area contributed by atoms with Gasteiger partial charge in [-0.15, -0.1) is 12.4 Å². The van der Waals surface area contributed by atoms with Gasteiger partial charge in [0.1, 0.15) is 11.3 Å². The van der Waals surface area contributed by atoms with Crippen molar-refractivity contribution in [3.8, 4) is 5.75 Å². The van der Waals surface area contributed by atoms with Crippen LogP contribution in [0.5, 0.6) is 5.75 Å². The number of ether oxygens (including phenoxy) is 1. The Hall–Kier alpha value is -1.79. The summed E-state index contributed by atoms with van der Waals surface area (Å²) in [6.45, 7) is 6.51. The molecule has 0 fully saturated rings. The number of carbonyl (C=O) groups excluding carboxylic acids is 2. The number of aromatic hydroxyl groups is 1. The lowest BCUT2D eigenvalue weighted by molar-refractivity contribution is -0.116. The molecule has 0 radical (unpaired) electrons. The average Bonchev–Trinajstić information content (AvgIpc) is 2.38. The summed E-state index contributed by atoms with van der Waals surface area (Å²) >= 11 is 0. The third-order valence-corrected chi connectivity index (χ3v) is 2.68. The normalized spacial score (nSPS) is 10.0. The van der Waals surface area contributed by atoms with Crippen molar-refractivity contribution in [2.24, 2.45) is 0 Å². The molecule has 0 bridgehead atoms. The maximum atomic E-state index is 11.7. The van der Waals surface area contributed by atoms with Crippen LogP contribution in [0.15, 0.2) is 18.2 Å². The molecule has 0 saturated carbocycles. The highest BCUT2D eigenvalue weighted by Gasteiger charge is 2.13. The summed E-state index contributed by atoms with van der Waals surface area (Å²) in [4.78, 5) is 23.2. The van der Waals surface area contributed by atoms with E-state index in [9.17, 15) is 14.7 Å². The largest absolute Gasteiger partial charge is 0.507 e. The van der Waals surface area contributed by atoms with Crippen molar-refractivity contribution in [3.05, 3.63) is 23.8 Å². The number of nitrogens with one attached hydrogen (secondary N) is 2. The predicted molar refractivity (Wildman–Crippen MR) is 87.7 cm³/mol. The van der Waals surface area contributed by atoms with Gasteiger partial charge in [-0.2, -0.15) is 0 Å². The summed E-state index contributed by atoms with van der Waals surface area (Å²) in [5, 5.41) is 15.6. The van der Waals surface area contributed by atoms with Crippen LogP contribution in [0.4, 0.5) is 5.69 Å². The Balaban J connectivity index is 0.00000441. The van der Waals surface area contributed by atoms with Crippen molar-refractivity contribution in [1.82, 2.24) is 5.32 Å². The summed E-state index contributed by atoms with van der Waals surface area (Å²) in [5.41, 5.74) is 0.520. The van der Waals surface area contributed by atoms with Gasteiger partial charge >= 0.3 is 5.97 Å². The van der Waals surface area contributed by atoms with Crippen LogP contribution in [-0.4, -0.2) is 36.2 Å². The van der Waals surface area contributed by atoms with E-state index >= 15 is 0 Å². The number of amides is 1. The predicted octanol–water partition coefficient (Wildman–Crippen LogP) is 2.32. The fraction of sp³-hybridized carbons (Fsp3) is 0.467. The molecule has 1 amide bonds. The molecule has 7 heteroatoms. The van der Waals surface area contributed by atoms with E-state index < -0.39 is 5.97 Å². The lowest BCUT2D eigenvalue weighted by Crippen LogP contribution is -2.27. The van der Waals surface area contributed by atoms with Gasteiger partial charge in [0.15, 0.2) is 0 Å². The Morgan fingerprint density at radius 1 is 1.32 bits per heavy atom. The van der Waals surface area contributed by atoms with E-state index in [1.165, 1.54) is 12.1 Å². The lowest BCUT2D eigenvalue weighted by Gasteiger charge is -2.10. The number of hydrogen-bond acceptors (Lipinski definition) is 5. The molecule has 1 aromatic rings. The lowest BCUT2D eigenvalue weighted by atomic mass is 10.2. The van der Waals surface area contributed by atoms with E-state index in [2.05, 4.69) is 10.6 Å². The highest BCUT2D eigenvalue weighted by molar-refractivity contribution is 5.95. The Kier molecular flexibility index (Phi) is 9.21. The maximum absolute atomic E-state index is 11.7. The van der Waals surface area contributed by atoms with Crippen molar-refractivity contribution >= 4 is 30.0 Å². The molecule has 0 unspecified atom stereocenters. The Morgan fingerprint density at radius 3 is 2.55 bits per heavy atom. The van der Waals surface area contributed by atoms with Gasteiger partial charge in [0.25, 0.3) is 0 Å². The van der Waals surface area contributed by atoms with Crippen LogP contribution >= 0.6 is 12.4 Å². The molecule has 6 nitrogen and oxygen atoms in total. The molecule has 1 aromatic carbocycles. The Morgan fingerprint density at radius 2 is 2.00 bits per heavy atom. The summed E-state index contributed by atoms with van der Waals surface area (Å²) in [7, 11) is 0. The molecule has 0 aliphatic rings. The first-order chi connectivity index (χ1) is 9.93. The quantitative estimate of drug-likeness (QED) is 0.668. The van der Waals surface area contributed by atoms with E-state index in [0.29, 0.717) is 24.7 Å². The third kappa shape index (κ3) is 6.78. The molecule has 0 spiro atoms. The van der Waals surface area contributed by atoms with E-state index in [-0.39, 0.29) is 36.2 Å². The summed E-state index contributed by atoms with van der Waals surface area (Å²) in [5.74, 6) is -0.966. The van der Waals surface area contributed by atoms with E-state index in [4.69, 9.17) is 4.74 Å². The van der Waals surface area contributed by atoms with Crippen LogP contribution in [0.3, 0.4) is 0 Å². The number of benzene rings is 1. The number of anilines is 1. The number of phenols is 1. The summed E-state index contributed by atoms with van der Waals surface area (Å²) in [6, 6.07) is 4.64. The number of halogens is 1. The first-order valence-corrected chi connectivity index (χ1v) is 6.97. The fourth-order valence-electron chi connectivity index (χ4n) is 1.69. The highest BCUT2D eigenvalue weighted by Crippen LogP contribution is 2.22. The number of carbonyl (C=O) groups is 2. The standard InChI is InChI=1S/C15H22N2O4.ClH/c1-4-21-15(20)12-6-5-11(9-13(12)18)17-14(19)7-8-16-10(2)3;/h5-6,9-10,16,18H,4,7-8H2,1-3H3,(H,17,19);1H. The molecule has 1 rings (SSSR count).